The van der Waals surface area contributed by atoms with Gasteiger partial charge in [-0.2, -0.15) is 4.52 Å². The average molecular weight is 459 g/mol. The van der Waals surface area contributed by atoms with Crippen LogP contribution in [-0.4, -0.2) is 54.0 Å². The minimum absolute atomic E-state index is 0.136. The minimum atomic E-state index is -0.136. The Morgan fingerprint density at radius 1 is 1.03 bits per heavy atom. The standard InChI is InChI=1S/C25H23N5O2S/c31-25-21-20(17-6-2-1-3-7-17)16-33-24(21)27-23-19-9-5-4-8-18(19)22(28-30(23)25)26-10-11-29-12-14-32-15-13-29/h1-9,16H,10-15H2,(H,26,28)/p+1. The molecule has 4 heterocycles. The maximum atomic E-state index is 13.7. The number of nitrogens with one attached hydrogen (secondary N) is 2. The number of thiophene rings is 1. The number of anilines is 1. The van der Waals surface area contributed by atoms with Gasteiger partial charge in [0.15, 0.2) is 11.5 Å². The fourth-order valence-corrected chi connectivity index (χ4v) is 5.45. The van der Waals surface area contributed by atoms with E-state index >= 15 is 0 Å². The Kier molecular flexibility index (Phi) is 5.26. The van der Waals surface area contributed by atoms with Crippen LogP contribution in [0.25, 0.3) is 37.8 Å². The first kappa shape index (κ1) is 20.3. The van der Waals surface area contributed by atoms with E-state index in [0.717, 1.165) is 66.1 Å². The summed E-state index contributed by atoms with van der Waals surface area (Å²) < 4.78 is 6.92. The summed E-state index contributed by atoms with van der Waals surface area (Å²) in [5, 5.41) is 12.8. The molecule has 1 aliphatic heterocycles. The lowest BCUT2D eigenvalue weighted by molar-refractivity contribution is -0.906. The van der Waals surface area contributed by atoms with E-state index in [-0.39, 0.29) is 5.56 Å². The molecule has 0 spiro atoms. The Morgan fingerprint density at radius 2 is 1.79 bits per heavy atom. The van der Waals surface area contributed by atoms with Crippen LogP contribution in [-0.2, 0) is 4.74 Å². The lowest BCUT2D eigenvalue weighted by Crippen LogP contribution is -3.14. The molecule has 3 aromatic heterocycles. The van der Waals surface area contributed by atoms with Crippen LogP contribution in [0.4, 0.5) is 5.82 Å². The zero-order valence-electron chi connectivity index (χ0n) is 18.1. The molecule has 2 aromatic carbocycles. The van der Waals surface area contributed by atoms with Crippen LogP contribution in [0.5, 0.6) is 0 Å². The third kappa shape index (κ3) is 3.66. The van der Waals surface area contributed by atoms with Crippen molar-refractivity contribution in [3.05, 3.63) is 70.3 Å². The highest BCUT2D eigenvalue weighted by molar-refractivity contribution is 7.17. The van der Waals surface area contributed by atoms with Crippen LogP contribution in [0.2, 0.25) is 0 Å². The van der Waals surface area contributed by atoms with E-state index in [1.54, 1.807) is 0 Å². The number of ether oxygens (including phenoxy) is 1. The summed E-state index contributed by atoms with van der Waals surface area (Å²) in [4.78, 5) is 20.8. The van der Waals surface area contributed by atoms with Crippen molar-refractivity contribution in [3.63, 3.8) is 0 Å². The van der Waals surface area contributed by atoms with E-state index in [2.05, 4.69) is 5.32 Å². The maximum Gasteiger partial charge on any atom is 0.283 e. The Hall–Kier alpha value is -3.33. The zero-order chi connectivity index (χ0) is 22.2. The van der Waals surface area contributed by atoms with Gasteiger partial charge in [-0.3, -0.25) is 4.79 Å². The van der Waals surface area contributed by atoms with Gasteiger partial charge >= 0.3 is 0 Å². The minimum Gasteiger partial charge on any atom is -0.370 e. The molecule has 8 heteroatoms. The lowest BCUT2D eigenvalue weighted by atomic mass is 10.1. The highest BCUT2D eigenvalue weighted by Crippen LogP contribution is 2.32. The van der Waals surface area contributed by atoms with E-state index in [1.165, 1.54) is 20.8 Å². The molecule has 2 N–H and O–H groups in total. The van der Waals surface area contributed by atoms with Crippen molar-refractivity contribution in [1.29, 1.82) is 0 Å². The van der Waals surface area contributed by atoms with Gasteiger partial charge in [0.1, 0.15) is 17.9 Å². The normalized spacial score (nSPS) is 14.9. The van der Waals surface area contributed by atoms with Gasteiger partial charge in [0.05, 0.1) is 31.7 Å². The third-order valence-electron chi connectivity index (χ3n) is 6.26. The smallest absolute Gasteiger partial charge is 0.283 e. The second-order valence-corrected chi connectivity index (χ2v) is 9.14. The molecule has 33 heavy (non-hydrogen) atoms. The number of hydrogen-bond acceptors (Lipinski definition) is 6. The van der Waals surface area contributed by atoms with E-state index in [4.69, 9.17) is 14.8 Å². The van der Waals surface area contributed by atoms with Gasteiger partial charge < -0.3 is 15.0 Å². The second-order valence-electron chi connectivity index (χ2n) is 8.28. The summed E-state index contributed by atoms with van der Waals surface area (Å²) in [6, 6.07) is 18.0. The molecule has 1 fully saturated rings. The van der Waals surface area contributed by atoms with E-state index in [9.17, 15) is 4.79 Å². The van der Waals surface area contributed by atoms with Crippen LogP contribution in [0.15, 0.2) is 64.8 Å². The quantitative estimate of drug-likeness (QED) is 0.396. The molecule has 1 saturated heterocycles. The number of morpholine rings is 1. The fraction of sp³-hybridized carbons (Fsp3) is 0.240. The number of nitrogens with zero attached hydrogens (tertiary/aromatic N) is 3. The van der Waals surface area contributed by atoms with Crippen LogP contribution < -0.4 is 15.8 Å². The lowest BCUT2D eigenvalue weighted by Gasteiger charge is -2.23. The predicted octanol–water partition coefficient (Wildman–Crippen LogP) is 2.45. The van der Waals surface area contributed by atoms with Crippen LogP contribution in [0.3, 0.4) is 0 Å². The number of hydrogen-bond donors (Lipinski definition) is 2. The summed E-state index contributed by atoms with van der Waals surface area (Å²) >= 11 is 1.50. The van der Waals surface area contributed by atoms with Gasteiger partial charge in [-0.05, 0) is 5.56 Å². The molecule has 0 bridgehead atoms. The number of quaternary nitrogens is 1. The van der Waals surface area contributed by atoms with Crippen LogP contribution in [0, 0.1) is 0 Å². The average Bonchev–Trinajstić information content (AvgIpc) is 3.30. The maximum absolute atomic E-state index is 13.7. The Balaban J connectivity index is 1.47. The van der Waals surface area contributed by atoms with E-state index < -0.39 is 0 Å². The van der Waals surface area contributed by atoms with Crippen molar-refractivity contribution < 1.29 is 9.64 Å². The number of rotatable bonds is 5. The monoisotopic (exact) mass is 458 g/mol. The second kappa shape index (κ2) is 8.55. The van der Waals surface area contributed by atoms with Crippen molar-refractivity contribution in [2.75, 3.05) is 44.7 Å². The van der Waals surface area contributed by atoms with Gasteiger partial charge in [0.2, 0.25) is 0 Å². The topological polar surface area (TPSA) is 73.0 Å². The first-order valence-corrected chi connectivity index (χ1v) is 12.1. The summed E-state index contributed by atoms with van der Waals surface area (Å²) in [7, 11) is 0. The molecular formula is C25H24N5O2S+. The summed E-state index contributed by atoms with van der Waals surface area (Å²) in [6.45, 7) is 5.43. The largest absolute Gasteiger partial charge is 0.370 e. The van der Waals surface area contributed by atoms with Crippen molar-refractivity contribution in [1.82, 2.24) is 14.6 Å². The fourth-order valence-electron chi connectivity index (χ4n) is 4.52. The first-order chi connectivity index (χ1) is 16.3. The van der Waals surface area contributed by atoms with Gasteiger partial charge in [0.25, 0.3) is 5.56 Å². The third-order valence-corrected chi connectivity index (χ3v) is 7.14. The predicted molar refractivity (Wildman–Crippen MR) is 132 cm³/mol. The van der Waals surface area contributed by atoms with Gasteiger partial charge in [-0.1, -0.05) is 54.6 Å². The van der Waals surface area contributed by atoms with Crippen LogP contribution >= 0.6 is 11.3 Å². The number of fused-ring (bicyclic) bond motifs is 4. The van der Waals surface area contributed by atoms with E-state index in [1.807, 2.05) is 60.0 Å². The molecule has 0 unspecified atom stereocenters. The molecule has 1 aliphatic rings. The van der Waals surface area contributed by atoms with Gasteiger partial charge in [-0.15, -0.1) is 16.4 Å². The summed E-state index contributed by atoms with van der Waals surface area (Å²) in [6.07, 6.45) is 0. The molecule has 5 aromatic rings. The molecular weight excluding hydrogens is 434 g/mol. The molecule has 0 aliphatic carbocycles. The molecule has 0 radical (unpaired) electrons. The Bertz CT molecular complexity index is 1510. The zero-order valence-corrected chi connectivity index (χ0v) is 18.9. The molecule has 7 nitrogen and oxygen atoms in total. The highest BCUT2D eigenvalue weighted by Gasteiger charge is 2.18. The van der Waals surface area contributed by atoms with Crippen molar-refractivity contribution >= 4 is 43.8 Å². The molecule has 0 saturated carbocycles. The molecule has 6 rings (SSSR count). The summed E-state index contributed by atoms with van der Waals surface area (Å²) in [5.41, 5.74) is 2.37. The highest BCUT2D eigenvalue weighted by atomic mass is 32.1. The SMILES string of the molecule is O=c1c2c(-c3ccccc3)csc2nc2c3ccccc3c(NCC[NH+]3CCOCC3)nn12. The van der Waals surface area contributed by atoms with E-state index in [0.29, 0.717) is 16.9 Å². The van der Waals surface area contributed by atoms with Crippen LogP contribution in [0.1, 0.15) is 0 Å². The van der Waals surface area contributed by atoms with Gasteiger partial charge in [0, 0.05) is 21.7 Å². The van der Waals surface area contributed by atoms with Crippen molar-refractivity contribution in [3.8, 4) is 11.1 Å². The number of benzene rings is 2. The van der Waals surface area contributed by atoms with Crippen molar-refractivity contribution in [2.24, 2.45) is 0 Å². The Labute approximate surface area is 194 Å². The molecule has 0 atom stereocenters. The first-order valence-electron chi connectivity index (χ1n) is 11.2. The number of aromatic nitrogens is 3. The summed E-state index contributed by atoms with van der Waals surface area (Å²) in [5.74, 6) is 0.713. The molecule has 166 valence electrons. The van der Waals surface area contributed by atoms with Crippen molar-refractivity contribution in [2.45, 2.75) is 0 Å². The Morgan fingerprint density at radius 3 is 2.61 bits per heavy atom. The molecule has 0 amide bonds. The van der Waals surface area contributed by atoms with Gasteiger partial charge in [-0.25, -0.2) is 4.98 Å².